The van der Waals surface area contributed by atoms with Crippen LogP contribution in [0.4, 0.5) is 0 Å². The molecule has 0 unspecified atom stereocenters. The Morgan fingerprint density at radius 1 is 1.33 bits per heavy atom. The van der Waals surface area contributed by atoms with Crippen LogP contribution in [0.15, 0.2) is 29.5 Å². The molecule has 142 valence electrons. The van der Waals surface area contributed by atoms with E-state index in [1.54, 1.807) is 25.1 Å². The maximum Gasteiger partial charge on any atom is 0.352 e. The Kier molecular flexibility index (Phi) is 4.07. The van der Waals surface area contributed by atoms with E-state index in [1.165, 1.54) is 4.90 Å². The number of ether oxygens (including phenoxy) is 1. The summed E-state index contributed by atoms with van der Waals surface area (Å²) in [6, 6.07) is 4.94. The number of aliphatic hydroxyl groups excluding tert-OH is 1. The Morgan fingerprint density at radius 3 is 2.74 bits per heavy atom. The molecule has 0 bridgehead atoms. The largest absolute Gasteiger partial charge is 0.489 e. The zero-order valence-corrected chi connectivity index (χ0v) is 15.1. The topological polar surface area (TPSA) is 104 Å². The maximum atomic E-state index is 12.3. The Labute approximate surface area is 156 Å². The van der Waals surface area contributed by atoms with Crippen molar-refractivity contribution < 1.29 is 29.3 Å². The molecule has 7 heteroatoms. The summed E-state index contributed by atoms with van der Waals surface area (Å²) in [6.45, 7) is 3.43. The highest BCUT2D eigenvalue weighted by Crippen LogP contribution is 2.47. The molecule has 1 aromatic rings. The molecule has 1 aromatic carbocycles. The minimum atomic E-state index is -1.17. The predicted octanol–water partition coefficient (Wildman–Crippen LogP) is 1.39. The number of rotatable bonds is 5. The summed E-state index contributed by atoms with van der Waals surface area (Å²) in [5.41, 5.74) is 2.00. The van der Waals surface area contributed by atoms with Crippen molar-refractivity contribution in [3.63, 3.8) is 0 Å². The molecule has 4 atom stereocenters. The number of amides is 1. The summed E-state index contributed by atoms with van der Waals surface area (Å²) in [5.74, 6) is -1.69. The van der Waals surface area contributed by atoms with Crippen LogP contribution in [0, 0.1) is 11.8 Å². The van der Waals surface area contributed by atoms with E-state index in [0.717, 1.165) is 5.56 Å². The number of Topliss-reactive ketones (excluding diaryl/α,β-unsaturated/α-hetero) is 1. The van der Waals surface area contributed by atoms with Gasteiger partial charge in [0, 0.05) is 29.0 Å². The number of hydrogen-bond acceptors (Lipinski definition) is 5. The normalized spacial score (nSPS) is 27.4. The summed E-state index contributed by atoms with van der Waals surface area (Å²) in [4.78, 5) is 37.3. The first-order chi connectivity index (χ1) is 12.8. The number of carbonyl (C=O) groups is 3. The fourth-order valence-corrected chi connectivity index (χ4v) is 4.58. The lowest BCUT2D eigenvalue weighted by Gasteiger charge is -2.46. The number of hydrogen-bond donors (Lipinski definition) is 2. The third-order valence-electron chi connectivity index (χ3n) is 5.94. The van der Waals surface area contributed by atoms with Crippen LogP contribution in [0.2, 0.25) is 0 Å². The van der Waals surface area contributed by atoms with E-state index in [9.17, 15) is 24.6 Å². The summed E-state index contributed by atoms with van der Waals surface area (Å²) in [5, 5.41) is 19.5. The number of nitrogens with zero attached hydrogens (tertiary/aromatic N) is 1. The highest BCUT2D eigenvalue weighted by Gasteiger charge is 2.59. The zero-order valence-electron chi connectivity index (χ0n) is 15.1. The van der Waals surface area contributed by atoms with E-state index in [-0.39, 0.29) is 36.0 Å². The molecule has 0 radical (unpaired) electrons. The standard InChI is InChI=1S/C20H21NO6/c1-9-13(8-27-15-5-3-4-11-12(15)6-7-14(11)23)18(20(25)26)21-17(9)16(10(2)22)19(21)24/h3-5,9-10,16-17,22H,6-8H2,1-2H3,(H,25,26)/t9-,10+,16+,17+/m0/s1. The van der Waals surface area contributed by atoms with Crippen LogP contribution >= 0.6 is 0 Å². The van der Waals surface area contributed by atoms with E-state index < -0.39 is 18.0 Å². The van der Waals surface area contributed by atoms with Gasteiger partial charge in [-0.1, -0.05) is 19.1 Å². The van der Waals surface area contributed by atoms with Gasteiger partial charge >= 0.3 is 5.97 Å². The number of ketones is 1. The number of aliphatic hydroxyl groups is 1. The minimum absolute atomic E-state index is 0.0280. The smallest absolute Gasteiger partial charge is 0.352 e. The second kappa shape index (κ2) is 6.20. The summed E-state index contributed by atoms with van der Waals surface area (Å²) in [7, 11) is 0. The Hall–Kier alpha value is -2.67. The van der Waals surface area contributed by atoms with Crippen LogP contribution in [0.5, 0.6) is 5.75 Å². The van der Waals surface area contributed by atoms with Gasteiger partial charge in [0.15, 0.2) is 5.78 Å². The van der Waals surface area contributed by atoms with E-state index in [2.05, 4.69) is 0 Å². The quantitative estimate of drug-likeness (QED) is 0.758. The van der Waals surface area contributed by atoms with Gasteiger partial charge in [-0.15, -0.1) is 0 Å². The van der Waals surface area contributed by atoms with E-state index in [4.69, 9.17) is 4.74 Å². The van der Waals surface area contributed by atoms with Gasteiger partial charge in [0.1, 0.15) is 18.1 Å². The molecule has 1 fully saturated rings. The van der Waals surface area contributed by atoms with Gasteiger partial charge in [-0.2, -0.15) is 0 Å². The van der Waals surface area contributed by atoms with E-state index >= 15 is 0 Å². The molecule has 2 N–H and O–H groups in total. The van der Waals surface area contributed by atoms with Crippen LogP contribution in [-0.4, -0.2) is 51.5 Å². The molecule has 4 rings (SSSR count). The lowest BCUT2D eigenvalue weighted by molar-refractivity contribution is -0.163. The lowest BCUT2D eigenvalue weighted by atomic mass is 9.78. The minimum Gasteiger partial charge on any atom is -0.489 e. The van der Waals surface area contributed by atoms with Gasteiger partial charge in [0.2, 0.25) is 5.91 Å². The second-order valence-corrected chi connectivity index (χ2v) is 7.43. The summed E-state index contributed by atoms with van der Waals surface area (Å²) >= 11 is 0. The van der Waals surface area contributed by atoms with Crippen molar-refractivity contribution in [2.45, 2.75) is 38.8 Å². The first kappa shape index (κ1) is 17.7. The van der Waals surface area contributed by atoms with Crippen molar-refractivity contribution in [1.82, 2.24) is 4.90 Å². The van der Waals surface area contributed by atoms with Crippen molar-refractivity contribution in [3.8, 4) is 5.75 Å². The van der Waals surface area contributed by atoms with Gasteiger partial charge in [-0.25, -0.2) is 4.79 Å². The predicted molar refractivity (Wildman–Crippen MR) is 94.2 cm³/mol. The van der Waals surface area contributed by atoms with Crippen molar-refractivity contribution >= 4 is 17.7 Å². The average molecular weight is 371 g/mol. The number of carbonyl (C=O) groups excluding carboxylic acids is 2. The van der Waals surface area contributed by atoms with Crippen molar-refractivity contribution in [2.24, 2.45) is 11.8 Å². The Bertz CT molecular complexity index is 886. The molecule has 1 amide bonds. The molecule has 3 aliphatic rings. The van der Waals surface area contributed by atoms with Crippen LogP contribution in [0.1, 0.15) is 36.2 Å². The Balaban J connectivity index is 1.62. The third kappa shape index (κ3) is 2.49. The van der Waals surface area contributed by atoms with Crippen molar-refractivity contribution in [2.75, 3.05) is 6.61 Å². The average Bonchev–Trinajstić information content (AvgIpc) is 3.10. The van der Waals surface area contributed by atoms with Crippen LogP contribution in [0.25, 0.3) is 0 Å². The van der Waals surface area contributed by atoms with Gasteiger partial charge < -0.3 is 19.8 Å². The van der Waals surface area contributed by atoms with Crippen LogP contribution in [0.3, 0.4) is 0 Å². The fourth-order valence-electron chi connectivity index (χ4n) is 4.58. The molecular weight excluding hydrogens is 350 g/mol. The SMILES string of the molecule is C[C@@H](O)[C@H]1C(=O)N2C(C(=O)O)=C(COc3cccc4c3CCC4=O)[C@H](C)[C@H]12. The first-order valence-corrected chi connectivity index (χ1v) is 9.08. The third-order valence-corrected chi connectivity index (χ3v) is 5.94. The summed E-state index contributed by atoms with van der Waals surface area (Å²) < 4.78 is 5.91. The van der Waals surface area contributed by atoms with Crippen LogP contribution in [-0.2, 0) is 16.0 Å². The Morgan fingerprint density at radius 2 is 2.07 bits per heavy atom. The monoisotopic (exact) mass is 371 g/mol. The van der Waals surface area contributed by atoms with Gasteiger partial charge in [0.05, 0.1) is 18.1 Å². The molecule has 7 nitrogen and oxygen atoms in total. The number of fused-ring (bicyclic) bond motifs is 2. The van der Waals surface area contributed by atoms with Gasteiger partial charge in [-0.05, 0) is 19.4 Å². The van der Waals surface area contributed by atoms with E-state index in [1.807, 2.05) is 6.92 Å². The van der Waals surface area contributed by atoms with Gasteiger partial charge in [0.25, 0.3) is 0 Å². The molecule has 1 saturated heterocycles. The number of aliphatic carboxylic acids is 1. The van der Waals surface area contributed by atoms with Crippen molar-refractivity contribution in [1.29, 1.82) is 0 Å². The number of carboxylic acids is 1. The van der Waals surface area contributed by atoms with Crippen LogP contribution < -0.4 is 4.74 Å². The summed E-state index contributed by atoms with van der Waals surface area (Å²) in [6.07, 6.45) is 0.234. The van der Waals surface area contributed by atoms with E-state index in [0.29, 0.717) is 29.7 Å². The zero-order chi connectivity index (χ0) is 19.5. The van der Waals surface area contributed by atoms with Crippen molar-refractivity contribution in [3.05, 3.63) is 40.6 Å². The molecule has 27 heavy (non-hydrogen) atoms. The number of carboxylic acid groups (broad SMARTS) is 1. The molecular formula is C20H21NO6. The molecule has 2 aliphatic heterocycles. The molecule has 0 aromatic heterocycles. The molecule has 0 saturated carbocycles. The number of β-lactam (4-membered cyclic amide) rings is 1. The lowest BCUT2D eigenvalue weighted by Crippen LogP contribution is -2.63. The number of benzene rings is 1. The molecule has 1 aliphatic carbocycles. The fraction of sp³-hybridized carbons (Fsp3) is 0.450. The first-order valence-electron chi connectivity index (χ1n) is 9.08. The second-order valence-electron chi connectivity index (χ2n) is 7.43. The molecule has 0 spiro atoms. The van der Waals surface area contributed by atoms with Gasteiger partial charge in [-0.3, -0.25) is 9.59 Å². The molecule has 2 heterocycles. The highest BCUT2D eigenvalue weighted by molar-refractivity contribution is 6.01. The maximum absolute atomic E-state index is 12.3. The highest BCUT2D eigenvalue weighted by atomic mass is 16.5.